The van der Waals surface area contributed by atoms with Gasteiger partial charge in [-0.15, -0.1) is 0 Å². The quantitative estimate of drug-likeness (QED) is 0.546. The third kappa shape index (κ3) is 5.36. The molecule has 1 aromatic carbocycles. The minimum atomic E-state index is -4.66. The summed E-state index contributed by atoms with van der Waals surface area (Å²) in [7, 11) is 1.38. The number of imidazole rings is 1. The van der Waals surface area contributed by atoms with Crippen molar-refractivity contribution in [2.24, 2.45) is 0 Å². The Morgan fingerprint density at radius 1 is 1.23 bits per heavy atom. The predicted octanol–water partition coefficient (Wildman–Crippen LogP) is 4.77. The fraction of sp³-hybridized carbons (Fsp3) is 0.150. The molecule has 31 heavy (non-hydrogen) atoms. The number of carbonyl (C=O) groups excluding carboxylic acids is 2. The van der Waals surface area contributed by atoms with E-state index in [0.717, 1.165) is 17.0 Å². The van der Waals surface area contributed by atoms with E-state index >= 15 is 0 Å². The Morgan fingerprint density at radius 3 is 2.68 bits per heavy atom. The third-order valence-electron chi connectivity index (χ3n) is 4.22. The maximum Gasteiger partial charge on any atom is 0.417 e. The van der Waals surface area contributed by atoms with Gasteiger partial charge < -0.3 is 10.2 Å². The van der Waals surface area contributed by atoms with E-state index in [1.54, 1.807) is 28.8 Å². The van der Waals surface area contributed by atoms with Crippen LogP contribution in [0.2, 0.25) is 10.2 Å². The molecule has 0 spiro atoms. The molecule has 3 aromatic rings. The summed E-state index contributed by atoms with van der Waals surface area (Å²) in [6, 6.07) is 8.34. The van der Waals surface area contributed by atoms with E-state index in [4.69, 9.17) is 23.2 Å². The molecule has 0 aliphatic heterocycles. The molecule has 3 rings (SSSR count). The van der Waals surface area contributed by atoms with Gasteiger partial charge in [-0.3, -0.25) is 14.0 Å². The van der Waals surface area contributed by atoms with E-state index in [1.165, 1.54) is 25.3 Å². The van der Waals surface area contributed by atoms with Crippen LogP contribution in [0.4, 0.5) is 18.9 Å². The second kappa shape index (κ2) is 8.99. The average molecular weight is 471 g/mol. The predicted molar refractivity (Wildman–Crippen MR) is 112 cm³/mol. The van der Waals surface area contributed by atoms with Gasteiger partial charge in [0.15, 0.2) is 5.15 Å². The van der Waals surface area contributed by atoms with Crippen LogP contribution < -0.4 is 5.32 Å². The lowest BCUT2D eigenvalue weighted by atomic mass is 10.2. The summed E-state index contributed by atoms with van der Waals surface area (Å²) in [6.07, 6.45) is -0.237. The molecule has 0 aliphatic carbocycles. The number of hydrogen-bond acceptors (Lipinski definition) is 3. The largest absolute Gasteiger partial charge is 0.417 e. The Bertz CT molecular complexity index is 1170. The van der Waals surface area contributed by atoms with Crippen LogP contribution in [0.25, 0.3) is 11.7 Å². The maximum atomic E-state index is 12.9. The number of hydrogen-bond donors (Lipinski definition) is 1. The number of amides is 2. The van der Waals surface area contributed by atoms with Crippen molar-refractivity contribution in [3.8, 4) is 0 Å². The summed E-state index contributed by atoms with van der Waals surface area (Å²) in [5.41, 5.74) is -0.0577. The number of pyridine rings is 1. The SMILES string of the molecule is CN(CC(=O)Nc1ccc(Cl)c(C(F)(F)F)c1)C(=O)/C=C/c1c(Cl)nc2ccccn12. The molecule has 11 heteroatoms. The third-order valence-corrected chi connectivity index (χ3v) is 4.83. The lowest BCUT2D eigenvalue weighted by Crippen LogP contribution is -2.33. The number of nitrogens with one attached hydrogen (secondary N) is 1. The highest BCUT2D eigenvalue weighted by molar-refractivity contribution is 6.31. The molecule has 0 radical (unpaired) electrons. The van der Waals surface area contributed by atoms with Crippen molar-refractivity contribution in [3.63, 3.8) is 0 Å². The minimum absolute atomic E-state index is 0.0874. The van der Waals surface area contributed by atoms with Crippen molar-refractivity contribution < 1.29 is 22.8 Å². The molecule has 6 nitrogen and oxygen atoms in total. The molecule has 0 unspecified atom stereocenters. The zero-order chi connectivity index (χ0) is 22.8. The van der Waals surface area contributed by atoms with Crippen LogP contribution in [0.15, 0.2) is 48.7 Å². The van der Waals surface area contributed by atoms with E-state index in [0.29, 0.717) is 11.3 Å². The number of halogens is 5. The molecule has 162 valence electrons. The number of fused-ring (bicyclic) bond motifs is 1. The normalized spacial score (nSPS) is 11.8. The Labute approximate surface area is 184 Å². The van der Waals surface area contributed by atoms with Gasteiger partial charge in [-0.05, 0) is 36.4 Å². The van der Waals surface area contributed by atoms with E-state index < -0.39 is 28.6 Å². The lowest BCUT2D eigenvalue weighted by molar-refractivity contribution is -0.137. The van der Waals surface area contributed by atoms with Crippen LogP contribution in [0.3, 0.4) is 0 Å². The summed E-state index contributed by atoms with van der Waals surface area (Å²) >= 11 is 11.7. The number of alkyl halides is 3. The Balaban J connectivity index is 1.65. The van der Waals surface area contributed by atoms with Crippen molar-refractivity contribution >= 4 is 52.4 Å². The molecule has 0 saturated heterocycles. The van der Waals surface area contributed by atoms with E-state index in [2.05, 4.69) is 10.3 Å². The lowest BCUT2D eigenvalue weighted by Gasteiger charge is -2.16. The molecule has 0 atom stereocenters. The molecule has 1 N–H and O–H groups in total. The molecular weight excluding hydrogens is 456 g/mol. The first-order valence-electron chi connectivity index (χ1n) is 8.78. The first kappa shape index (κ1) is 22.6. The molecule has 0 fully saturated rings. The van der Waals surface area contributed by atoms with Gasteiger partial charge in [0, 0.05) is 25.0 Å². The zero-order valence-corrected chi connectivity index (χ0v) is 17.5. The number of carbonyl (C=O) groups is 2. The van der Waals surface area contributed by atoms with Gasteiger partial charge in [0.1, 0.15) is 5.65 Å². The highest BCUT2D eigenvalue weighted by Crippen LogP contribution is 2.36. The summed E-state index contributed by atoms with van der Waals surface area (Å²) in [4.78, 5) is 29.7. The Hall–Kier alpha value is -3.04. The van der Waals surface area contributed by atoms with Crippen molar-refractivity contribution in [1.29, 1.82) is 0 Å². The number of nitrogens with zero attached hydrogens (tertiary/aromatic N) is 3. The molecule has 0 saturated carbocycles. The zero-order valence-electron chi connectivity index (χ0n) is 16.0. The fourth-order valence-electron chi connectivity index (χ4n) is 2.73. The standard InChI is InChI=1S/C20H15Cl2F3N4O2/c1-28(11-17(30)26-12-5-6-14(21)13(10-12)20(23,24)25)18(31)8-7-15-19(22)27-16-4-2-3-9-29(15)16/h2-10H,11H2,1H3,(H,26,30)/b8-7+. The number of likely N-dealkylation sites (N-methyl/N-ethyl adjacent to an activating group) is 1. The average Bonchev–Trinajstić information content (AvgIpc) is 3.01. The highest BCUT2D eigenvalue weighted by Gasteiger charge is 2.33. The van der Waals surface area contributed by atoms with E-state index in [9.17, 15) is 22.8 Å². The highest BCUT2D eigenvalue weighted by atomic mass is 35.5. The minimum Gasteiger partial charge on any atom is -0.333 e. The summed E-state index contributed by atoms with van der Waals surface area (Å²) in [5, 5.41) is 2.05. The summed E-state index contributed by atoms with van der Waals surface area (Å²) in [6.45, 7) is -0.381. The maximum absolute atomic E-state index is 12.9. The van der Waals surface area contributed by atoms with Crippen LogP contribution >= 0.6 is 23.2 Å². The summed E-state index contributed by atoms with van der Waals surface area (Å²) < 4.78 is 40.5. The number of rotatable bonds is 5. The molecule has 2 heterocycles. The molecule has 0 bridgehead atoms. The van der Waals surface area contributed by atoms with Gasteiger partial charge in [-0.2, -0.15) is 13.2 Å². The van der Waals surface area contributed by atoms with Crippen molar-refractivity contribution in [3.05, 3.63) is 70.1 Å². The van der Waals surface area contributed by atoms with Gasteiger partial charge in [0.25, 0.3) is 0 Å². The van der Waals surface area contributed by atoms with E-state index in [-0.39, 0.29) is 17.4 Å². The molecule has 2 aromatic heterocycles. The Kier molecular flexibility index (Phi) is 6.56. The number of benzene rings is 1. The van der Waals surface area contributed by atoms with E-state index in [1.807, 2.05) is 0 Å². The monoisotopic (exact) mass is 470 g/mol. The topological polar surface area (TPSA) is 66.7 Å². The van der Waals surface area contributed by atoms with Crippen LogP contribution in [0.1, 0.15) is 11.3 Å². The van der Waals surface area contributed by atoms with Gasteiger partial charge in [0.2, 0.25) is 11.8 Å². The molecule has 2 amide bonds. The first-order valence-corrected chi connectivity index (χ1v) is 9.54. The second-order valence-corrected chi connectivity index (χ2v) is 7.25. The smallest absolute Gasteiger partial charge is 0.333 e. The molecule has 0 aliphatic rings. The fourth-order valence-corrected chi connectivity index (χ4v) is 3.19. The van der Waals surface area contributed by atoms with Gasteiger partial charge >= 0.3 is 6.18 Å². The Morgan fingerprint density at radius 2 is 1.97 bits per heavy atom. The number of anilines is 1. The van der Waals surface area contributed by atoms with Crippen molar-refractivity contribution in [2.45, 2.75) is 6.18 Å². The van der Waals surface area contributed by atoms with Crippen LogP contribution in [-0.4, -0.2) is 39.7 Å². The summed E-state index contributed by atoms with van der Waals surface area (Å²) in [5.74, 6) is -1.18. The molecular formula is C20H15Cl2F3N4O2. The van der Waals surface area contributed by atoms with Gasteiger partial charge in [0.05, 0.1) is 22.8 Å². The van der Waals surface area contributed by atoms with Gasteiger partial charge in [-0.25, -0.2) is 4.98 Å². The van der Waals surface area contributed by atoms with Crippen LogP contribution in [-0.2, 0) is 15.8 Å². The van der Waals surface area contributed by atoms with Gasteiger partial charge in [-0.1, -0.05) is 29.3 Å². The van der Waals surface area contributed by atoms with Crippen LogP contribution in [0, 0.1) is 0 Å². The second-order valence-electron chi connectivity index (χ2n) is 6.48. The van der Waals surface area contributed by atoms with Crippen molar-refractivity contribution in [1.82, 2.24) is 14.3 Å². The first-order chi connectivity index (χ1) is 14.6. The number of aromatic nitrogens is 2. The van der Waals surface area contributed by atoms with Crippen LogP contribution in [0.5, 0.6) is 0 Å². The van der Waals surface area contributed by atoms with Crippen molar-refractivity contribution in [2.75, 3.05) is 18.9 Å².